The highest BCUT2D eigenvalue weighted by atomic mass is 35.5. The molecule has 0 aromatic carbocycles. The molecule has 25 heavy (non-hydrogen) atoms. The molecular weight excluding hydrogens is 336 g/mol. The Morgan fingerprint density at radius 1 is 1.24 bits per heavy atom. The maximum Gasteiger partial charge on any atom is 0.224 e. The first-order chi connectivity index (χ1) is 12.2. The predicted octanol–water partition coefficient (Wildman–Crippen LogP) is 3.58. The molecule has 2 aromatic rings. The molecule has 0 bridgehead atoms. The van der Waals surface area contributed by atoms with Crippen molar-refractivity contribution < 1.29 is 0 Å². The predicted molar refractivity (Wildman–Crippen MR) is 103 cm³/mol. The van der Waals surface area contributed by atoms with Gasteiger partial charge in [0.15, 0.2) is 0 Å². The van der Waals surface area contributed by atoms with Gasteiger partial charge in [-0.1, -0.05) is 24.9 Å². The molecule has 3 N–H and O–H groups in total. The monoisotopic (exact) mass is 360 g/mol. The van der Waals surface area contributed by atoms with Gasteiger partial charge in [0, 0.05) is 36.1 Å². The fourth-order valence-electron chi connectivity index (χ4n) is 2.96. The van der Waals surface area contributed by atoms with Crippen molar-refractivity contribution in [3.05, 3.63) is 29.0 Å². The Morgan fingerprint density at radius 3 is 2.72 bits per heavy atom. The number of nitrogens with two attached hydrogens (primary N) is 1. The van der Waals surface area contributed by atoms with Crippen LogP contribution in [-0.4, -0.2) is 39.5 Å². The molecule has 134 valence electrons. The molecular formula is C18H25ClN6. The molecule has 2 aromatic heterocycles. The highest BCUT2D eigenvalue weighted by Gasteiger charge is 2.15. The maximum atomic E-state index is 6.47. The summed E-state index contributed by atoms with van der Waals surface area (Å²) >= 11 is 6.47. The molecule has 1 aliphatic rings. The van der Waals surface area contributed by atoms with E-state index in [-0.39, 0.29) is 0 Å². The number of nitrogen functional groups attached to an aromatic ring is 1. The fourth-order valence-corrected chi connectivity index (χ4v) is 3.17. The molecule has 3 rings (SSSR count). The van der Waals surface area contributed by atoms with Crippen LogP contribution in [0.5, 0.6) is 0 Å². The zero-order valence-electron chi connectivity index (χ0n) is 14.6. The van der Waals surface area contributed by atoms with E-state index in [4.69, 9.17) is 17.3 Å². The van der Waals surface area contributed by atoms with Crippen LogP contribution in [0.2, 0.25) is 5.02 Å². The summed E-state index contributed by atoms with van der Waals surface area (Å²) in [5.41, 5.74) is 8.55. The number of aromatic nitrogens is 3. The number of nitrogens with zero attached hydrogens (tertiary/aromatic N) is 4. The van der Waals surface area contributed by atoms with E-state index in [1.807, 2.05) is 12.3 Å². The second-order valence-corrected chi connectivity index (χ2v) is 6.82. The van der Waals surface area contributed by atoms with Gasteiger partial charge in [-0.25, -0.2) is 4.98 Å². The average Bonchev–Trinajstić information content (AvgIpc) is 3.10. The first-order valence-corrected chi connectivity index (χ1v) is 9.28. The van der Waals surface area contributed by atoms with Crippen molar-refractivity contribution in [1.82, 2.24) is 19.9 Å². The Bertz CT molecular complexity index is 715. The third-order valence-corrected chi connectivity index (χ3v) is 4.78. The Morgan fingerprint density at radius 2 is 2.04 bits per heavy atom. The van der Waals surface area contributed by atoms with Crippen LogP contribution >= 0.6 is 11.6 Å². The summed E-state index contributed by atoms with van der Waals surface area (Å²) in [5, 5.41) is 3.88. The summed E-state index contributed by atoms with van der Waals surface area (Å²) in [6, 6.07) is 1.85. The Labute approximate surface area is 153 Å². The highest BCUT2D eigenvalue weighted by Crippen LogP contribution is 2.27. The van der Waals surface area contributed by atoms with Crippen LogP contribution in [0, 0.1) is 0 Å². The van der Waals surface area contributed by atoms with Gasteiger partial charge in [0.05, 0.1) is 11.3 Å². The number of anilines is 2. The topological polar surface area (TPSA) is 80.0 Å². The van der Waals surface area contributed by atoms with Gasteiger partial charge in [0.1, 0.15) is 5.82 Å². The van der Waals surface area contributed by atoms with E-state index in [0.717, 1.165) is 44.6 Å². The Balaban J connectivity index is 1.73. The van der Waals surface area contributed by atoms with Gasteiger partial charge in [-0.2, -0.15) is 4.98 Å². The summed E-state index contributed by atoms with van der Waals surface area (Å²) in [4.78, 5) is 15.6. The van der Waals surface area contributed by atoms with Crippen molar-refractivity contribution in [2.24, 2.45) is 0 Å². The normalized spacial score (nSPS) is 14.8. The van der Waals surface area contributed by atoms with Crippen LogP contribution < -0.4 is 11.1 Å². The smallest absolute Gasteiger partial charge is 0.224 e. The van der Waals surface area contributed by atoms with Crippen molar-refractivity contribution >= 4 is 23.4 Å². The van der Waals surface area contributed by atoms with Crippen LogP contribution in [0.4, 0.5) is 11.8 Å². The van der Waals surface area contributed by atoms with Crippen LogP contribution in [0.1, 0.15) is 38.2 Å². The van der Waals surface area contributed by atoms with E-state index in [1.54, 1.807) is 6.20 Å². The van der Waals surface area contributed by atoms with E-state index >= 15 is 0 Å². The van der Waals surface area contributed by atoms with Gasteiger partial charge in [0.2, 0.25) is 5.95 Å². The van der Waals surface area contributed by atoms with Gasteiger partial charge < -0.3 is 11.1 Å². The summed E-state index contributed by atoms with van der Waals surface area (Å²) in [5.74, 6) is 0.955. The number of unbranched alkanes of at least 4 members (excludes halogenated alkanes) is 1. The van der Waals surface area contributed by atoms with Crippen molar-refractivity contribution in [1.29, 1.82) is 0 Å². The number of nitrogens with one attached hydrogen (secondary N) is 1. The van der Waals surface area contributed by atoms with E-state index < -0.39 is 0 Å². The van der Waals surface area contributed by atoms with Gasteiger partial charge in [-0.05, 0) is 38.4 Å². The van der Waals surface area contributed by atoms with Crippen molar-refractivity contribution in [2.75, 3.05) is 30.7 Å². The number of hydrogen-bond acceptors (Lipinski definition) is 6. The van der Waals surface area contributed by atoms with Gasteiger partial charge in [-0.3, -0.25) is 9.88 Å². The Kier molecular flexibility index (Phi) is 6.04. The molecule has 0 amide bonds. The lowest BCUT2D eigenvalue weighted by Gasteiger charge is -2.16. The quantitative estimate of drug-likeness (QED) is 0.734. The average molecular weight is 361 g/mol. The second-order valence-electron chi connectivity index (χ2n) is 6.42. The van der Waals surface area contributed by atoms with Gasteiger partial charge in [-0.15, -0.1) is 0 Å². The lowest BCUT2D eigenvalue weighted by atomic mass is 10.1. The van der Waals surface area contributed by atoms with Crippen molar-refractivity contribution in [2.45, 2.75) is 39.2 Å². The molecule has 7 heteroatoms. The molecule has 0 aliphatic carbocycles. The Hall–Kier alpha value is -1.92. The lowest BCUT2D eigenvalue weighted by Crippen LogP contribution is -2.18. The summed E-state index contributed by atoms with van der Waals surface area (Å²) < 4.78 is 0. The molecule has 0 unspecified atom stereocenters. The van der Waals surface area contributed by atoms with Crippen LogP contribution in [0.25, 0.3) is 11.3 Å². The molecule has 0 atom stereocenters. The second kappa shape index (κ2) is 8.45. The number of hydrogen-bond donors (Lipinski definition) is 2. The first kappa shape index (κ1) is 17.9. The summed E-state index contributed by atoms with van der Waals surface area (Å²) in [6.45, 7) is 6.09. The fraction of sp³-hybridized carbons (Fsp3) is 0.500. The van der Waals surface area contributed by atoms with E-state index in [0.29, 0.717) is 28.0 Å². The summed E-state index contributed by atoms with van der Waals surface area (Å²) in [7, 11) is 0. The van der Waals surface area contributed by atoms with E-state index in [1.165, 1.54) is 12.8 Å². The molecule has 1 aliphatic heterocycles. The van der Waals surface area contributed by atoms with Crippen molar-refractivity contribution in [3.8, 4) is 11.3 Å². The van der Waals surface area contributed by atoms with E-state index in [9.17, 15) is 0 Å². The van der Waals surface area contributed by atoms with Crippen LogP contribution in [0.15, 0.2) is 18.5 Å². The lowest BCUT2D eigenvalue weighted by molar-refractivity contribution is 0.331. The zero-order chi connectivity index (χ0) is 17.6. The van der Waals surface area contributed by atoms with Crippen LogP contribution in [-0.2, 0) is 6.54 Å². The minimum atomic E-state index is 0.407. The molecule has 1 fully saturated rings. The van der Waals surface area contributed by atoms with Gasteiger partial charge in [0.25, 0.3) is 0 Å². The number of likely N-dealkylation sites (tertiary alicyclic amines) is 1. The summed E-state index contributed by atoms with van der Waals surface area (Å²) in [6.07, 6.45) is 8.25. The van der Waals surface area contributed by atoms with Crippen LogP contribution in [0.3, 0.4) is 0 Å². The molecule has 0 spiro atoms. The third kappa shape index (κ3) is 4.58. The highest BCUT2D eigenvalue weighted by molar-refractivity contribution is 6.31. The van der Waals surface area contributed by atoms with Crippen molar-refractivity contribution in [3.63, 3.8) is 0 Å². The SMILES string of the molecule is CCCCNc1ncc(-c2cc(Cl)c(CN3CCCC3)cn2)c(N)n1. The first-order valence-electron chi connectivity index (χ1n) is 8.91. The number of pyridine rings is 1. The maximum absolute atomic E-state index is 6.47. The third-order valence-electron chi connectivity index (χ3n) is 4.43. The minimum Gasteiger partial charge on any atom is -0.383 e. The molecule has 1 saturated heterocycles. The minimum absolute atomic E-state index is 0.407. The molecule has 6 nitrogen and oxygen atoms in total. The molecule has 0 saturated carbocycles. The molecule has 0 radical (unpaired) electrons. The number of rotatable bonds is 7. The van der Waals surface area contributed by atoms with Gasteiger partial charge >= 0.3 is 0 Å². The standard InChI is InChI=1S/C18H25ClN6/c1-2-3-6-21-18-23-11-14(17(20)24-18)16-9-15(19)13(10-22-16)12-25-7-4-5-8-25/h9-11H,2-8,12H2,1H3,(H3,20,21,23,24). The largest absolute Gasteiger partial charge is 0.383 e. The van der Waals surface area contributed by atoms with E-state index in [2.05, 4.69) is 32.1 Å². The number of halogens is 1. The zero-order valence-corrected chi connectivity index (χ0v) is 15.4. The molecule has 3 heterocycles.